The van der Waals surface area contributed by atoms with Crippen LogP contribution in [0.1, 0.15) is 26.2 Å². The highest BCUT2D eigenvalue weighted by Gasteiger charge is 2.35. The minimum atomic E-state index is -0.152. The Morgan fingerprint density at radius 2 is 2.12 bits per heavy atom. The number of β-amino-alcohol motifs (C(OH)–C–C–N with tert-alkyl or cyclic N) is 1. The lowest BCUT2D eigenvalue weighted by atomic mass is 9.80. The molecule has 4 heteroatoms. The van der Waals surface area contributed by atoms with Gasteiger partial charge in [-0.3, -0.25) is 0 Å². The number of ether oxygens (including phenoxy) is 1. The summed E-state index contributed by atoms with van der Waals surface area (Å²) in [5.74, 6) is 1.38. The van der Waals surface area contributed by atoms with Crippen molar-refractivity contribution in [3.05, 3.63) is 0 Å². The van der Waals surface area contributed by atoms with Gasteiger partial charge in [0.15, 0.2) is 0 Å². The van der Waals surface area contributed by atoms with E-state index >= 15 is 0 Å². The molecule has 17 heavy (non-hydrogen) atoms. The molecule has 0 aliphatic carbocycles. The van der Waals surface area contributed by atoms with Crippen molar-refractivity contribution in [3.8, 4) is 0 Å². The van der Waals surface area contributed by atoms with Gasteiger partial charge in [0.05, 0.1) is 6.10 Å². The monoisotopic (exact) mass is 259 g/mol. The Balaban J connectivity index is 1.90. The Morgan fingerprint density at radius 1 is 1.41 bits per heavy atom. The number of likely N-dealkylation sites (tertiary alicyclic amines) is 1. The van der Waals surface area contributed by atoms with Gasteiger partial charge in [-0.2, -0.15) is 12.6 Å². The van der Waals surface area contributed by atoms with Crippen LogP contribution in [0.3, 0.4) is 0 Å². The molecule has 1 N–H and O–H groups in total. The Bertz CT molecular complexity index is 244. The van der Waals surface area contributed by atoms with Gasteiger partial charge >= 0.3 is 0 Å². The van der Waals surface area contributed by atoms with E-state index in [1.807, 2.05) is 0 Å². The number of nitrogens with zero attached hydrogens (tertiary/aromatic N) is 1. The van der Waals surface area contributed by atoms with E-state index in [0.717, 1.165) is 57.9 Å². The van der Waals surface area contributed by atoms with Gasteiger partial charge in [-0.1, -0.05) is 6.92 Å². The van der Waals surface area contributed by atoms with Crippen LogP contribution in [-0.4, -0.2) is 54.7 Å². The van der Waals surface area contributed by atoms with Crippen LogP contribution >= 0.6 is 12.6 Å². The molecular weight excluding hydrogens is 234 g/mol. The van der Waals surface area contributed by atoms with Gasteiger partial charge in [-0.25, -0.2) is 0 Å². The number of aliphatic hydroxyl groups excluding tert-OH is 1. The van der Waals surface area contributed by atoms with Crippen molar-refractivity contribution in [1.82, 2.24) is 4.90 Å². The second-order valence-electron chi connectivity index (χ2n) is 5.84. The molecule has 2 aliphatic heterocycles. The summed E-state index contributed by atoms with van der Waals surface area (Å²) >= 11 is 4.54. The van der Waals surface area contributed by atoms with E-state index in [0.29, 0.717) is 11.3 Å². The Morgan fingerprint density at radius 3 is 2.71 bits per heavy atom. The van der Waals surface area contributed by atoms with E-state index < -0.39 is 0 Å². The molecule has 3 nitrogen and oxygen atoms in total. The van der Waals surface area contributed by atoms with Crippen LogP contribution in [0.2, 0.25) is 0 Å². The third-order valence-electron chi connectivity index (χ3n) is 4.45. The van der Waals surface area contributed by atoms with Crippen LogP contribution in [0.15, 0.2) is 0 Å². The molecule has 0 amide bonds. The molecule has 2 rings (SSSR count). The molecule has 0 bridgehead atoms. The molecule has 2 fully saturated rings. The van der Waals surface area contributed by atoms with Crippen molar-refractivity contribution >= 4 is 12.6 Å². The molecule has 0 aromatic rings. The minimum absolute atomic E-state index is 0.152. The zero-order valence-corrected chi connectivity index (χ0v) is 11.7. The largest absolute Gasteiger partial charge is 0.392 e. The molecule has 0 saturated carbocycles. The van der Waals surface area contributed by atoms with Crippen LogP contribution in [0, 0.1) is 11.3 Å². The van der Waals surface area contributed by atoms with Crippen LogP contribution in [0.5, 0.6) is 0 Å². The maximum Gasteiger partial charge on any atom is 0.0693 e. The summed E-state index contributed by atoms with van der Waals surface area (Å²) in [6, 6.07) is 0. The molecule has 2 aliphatic rings. The summed E-state index contributed by atoms with van der Waals surface area (Å²) in [6.07, 6.45) is 3.18. The molecule has 100 valence electrons. The SMILES string of the molecule is CC1CCN(CC2(CS)CCOCC2)CC1O. The summed E-state index contributed by atoms with van der Waals surface area (Å²) in [6.45, 7) is 6.90. The molecule has 0 aromatic carbocycles. The first-order valence-corrected chi connectivity index (χ1v) is 7.37. The van der Waals surface area contributed by atoms with Crippen molar-refractivity contribution in [3.63, 3.8) is 0 Å². The summed E-state index contributed by atoms with van der Waals surface area (Å²) in [5, 5.41) is 9.95. The van der Waals surface area contributed by atoms with Gasteiger partial charge in [0.1, 0.15) is 0 Å². The standard InChI is InChI=1S/C13H25NO2S/c1-11-2-5-14(8-12(11)15)9-13(10-17)3-6-16-7-4-13/h11-12,15,17H,2-10H2,1H3. The third kappa shape index (κ3) is 3.37. The molecule has 0 spiro atoms. The third-order valence-corrected chi connectivity index (χ3v) is 5.12. The van der Waals surface area contributed by atoms with E-state index in [9.17, 15) is 5.11 Å². The van der Waals surface area contributed by atoms with E-state index in [-0.39, 0.29) is 6.10 Å². The van der Waals surface area contributed by atoms with Gasteiger partial charge in [-0.15, -0.1) is 0 Å². The highest BCUT2D eigenvalue weighted by Crippen LogP contribution is 2.33. The first-order valence-electron chi connectivity index (χ1n) is 6.74. The average molecular weight is 259 g/mol. The quantitative estimate of drug-likeness (QED) is 0.752. The topological polar surface area (TPSA) is 32.7 Å². The fourth-order valence-corrected chi connectivity index (χ4v) is 3.32. The maximum atomic E-state index is 9.95. The fraction of sp³-hybridized carbons (Fsp3) is 1.00. The zero-order valence-electron chi connectivity index (χ0n) is 10.8. The second-order valence-corrected chi connectivity index (χ2v) is 6.16. The highest BCUT2D eigenvalue weighted by atomic mass is 32.1. The second kappa shape index (κ2) is 5.91. The Hall–Kier alpha value is 0.230. The highest BCUT2D eigenvalue weighted by molar-refractivity contribution is 7.80. The van der Waals surface area contributed by atoms with Crippen molar-refractivity contribution in [2.24, 2.45) is 11.3 Å². The summed E-state index contributed by atoms with van der Waals surface area (Å²) in [7, 11) is 0. The number of rotatable bonds is 3. The van der Waals surface area contributed by atoms with E-state index in [4.69, 9.17) is 4.74 Å². The Kier molecular flexibility index (Phi) is 4.75. The molecule has 2 unspecified atom stereocenters. The fourth-order valence-electron chi connectivity index (χ4n) is 2.90. The molecule has 0 radical (unpaired) electrons. The lowest BCUT2D eigenvalue weighted by Crippen LogP contribution is -2.49. The zero-order chi connectivity index (χ0) is 12.3. The molecular formula is C13H25NO2S. The van der Waals surface area contributed by atoms with Gasteiger partial charge in [0.25, 0.3) is 0 Å². The first kappa shape index (κ1) is 13.7. The van der Waals surface area contributed by atoms with Crippen LogP contribution in [-0.2, 0) is 4.74 Å². The number of piperidine rings is 1. The molecule has 2 saturated heterocycles. The van der Waals surface area contributed by atoms with Crippen LogP contribution in [0.4, 0.5) is 0 Å². The van der Waals surface area contributed by atoms with Crippen molar-refractivity contribution in [1.29, 1.82) is 0 Å². The lowest BCUT2D eigenvalue weighted by Gasteiger charge is -2.43. The number of thiol groups is 1. The first-order chi connectivity index (χ1) is 8.15. The number of hydrogen-bond donors (Lipinski definition) is 2. The van der Waals surface area contributed by atoms with Crippen LogP contribution in [0.25, 0.3) is 0 Å². The predicted molar refractivity (Wildman–Crippen MR) is 72.6 cm³/mol. The Labute approximate surface area is 110 Å². The molecule has 0 aromatic heterocycles. The van der Waals surface area contributed by atoms with E-state index in [1.165, 1.54) is 0 Å². The van der Waals surface area contributed by atoms with E-state index in [2.05, 4.69) is 24.5 Å². The van der Waals surface area contributed by atoms with Crippen molar-refractivity contribution < 1.29 is 9.84 Å². The maximum absolute atomic E-state index is 9.95. The summed E-state index contributed by atoms with van der Waals surface area (Å²) in [5.41, 5.74) is 0.307. The van der Waals surface area contributed by atoms with Gasteiger partial charge in [0.2, 0.25) is 0 Å². The van der Waals surface area contributed by atoms with Crippen molar-refractivity contribution in [2.45, 2.75) is 32.3 Å². The van der Waals surface area contributed by atoms with Gasteiger partial charge in [0, 0.05) is 26.3 Å². The number of aliphatic hydroxyl groups is 1. The summed E-state index contributed by atoms with van der Waals surface area (Å²) < 4.78 is 5.45. The molecule has 2 atom stereocenters. The van der Waals surface area contributed by atoms with Gasteiger partial charge < -0.3 is 14.7 Å². The number of hydrogen-bond acceptors (Lipinski definition) is 4. The normalized spacial score (nSPS) is 34.8. The summed E-state index contributed by atoms with van der Waals surface area (Å²) in [4.78, 5) is 2.42. The minimum Gasteiger partial charge on any atom is -0.392 e. The van der Waals surface area contributed by atoms with Crippen molar-refractivity contribution in [2.75, 3.05) is 38.6 Å². The average Bonchev–Trinajstić information content (AvgIpc) is 2.35. The lowest BCUT2D eigenvalue weighted by molar-refractivity contribution is -0.0221. The smallest absolute Gasteiger partial charge is 0.0693 e. The van der Waals surface area contributed by atoms with Crippen LogP contribution < -0.4 is 0 Å². The van der Waals surface area contributed by atoms with E-state index in [1.54, 1.807) is 0 Å². The molecule has 2 heterocycles. The predicted octanol–water partition coefficient (Wildman–Crippen LogP) is 1.42. The van der Waals surface area contributed by atoms with Gasteiger partial charge in [-0.05, 0) is 42.9 Å².